The van der Waals surface area contributed by atoms with Crippen LogP contribution in [0, 0.1) is 0 Å². The Morgan fingerprint density at radius 1 is 1.20 bits per heavy atom. The van der Waals surface area contributed by atoms with E-state index in [1.807, 2.05) is 25.1 Å². The summed E-state index contributed by atoms with van der Waals surface area (Å²) >= 11 is 1.40. The third kappa shape index (κ3) is 3.19. The largest absolute Gasteiger partial charge is 0.508 e. The number of carbonyl (C=O) groups is 1. The Morgan fingerprint density at radius 3 is 2.60 bits per heavy atom. The minimum absolute atomic E-state index is 0.0204. The summed E-state index contributed by atoms with van der Waals surface area (Å²) < 4.78 is 0. The highest BCUT2D eigenvalue weighted by molar-refractivity contribution is 7.18. The third-order valence-electron chi connectivity index (χ3n) is 2.70. The van der Waals surface area contributed by atoms with Crippen molar-refractivity contribution >= 4 is 28.2 Å². The minimum atomic E-state index is -0.133. The van der Waals surface area contributed by atoms with Crippen LogP contribution in [0.2, 0.25) is 0 Å². The predicted molar refractivity (Wildman–Crippen MR) is 81.8 cm³/mol. The normalized spacial score (nSPS) is 10.9. The molecular formula is C15H15NO3S. The molecule has 0 aliphatic carbocycles. The summed E-state index contributed by atoms with van der Waals surface area (Å²) in [6.45, 7) is 0. The first-order chi connectivity index (χ1) is 9.47. The maximum Gasteiger partial charge on any atom is 0.195 e. The van der Waals surface area contributed by atoms with Gasteiger partial charge in [0.05, 0.1) is 9.88 Å². The lowest BCUT2D eigenvalue weighted by Crippen LogP contribution is -2.05. The number of rotatable bonds is 4. The van der Waals surface area contributed by atoms with Crippen molar-refractivity contribution in [3.63, 3.8) is 0 Å². The van der Waals surface area contributed by atoms with Crippen LogP contribution < -0.4 is 4.90 Å². The highest BCUT2D eigenvalue weighted by Crippen LogP contribution is 2.26. The summed E-state index contributed by atoms with van der Waals surface area (Å²) in [6.07, 6.45) is 2.88. The Balaban J connectivity index is 2.18. The van der Waals surface area contributed by atoms with E-state index in [1.54, 1.807) is 6.07 Å². The fraction of sp³-hybridized carbons (Fsp3) is 0.133. The lowest BCUT2D eigenvalue weighted by atomic mass is 10.1. The topological polar surface area (TPSA) is 60.8 Å². The molecule has 0 spiro atoms. The molecule has 0 saturated heterocycles. The molecule has 0 unspecified atom stereocenters. The molecule has 1 aromatic carbocycles. The summed E-state index contributed by atoms with van der Waals surface area (Å²) in [4.78, 5) is 14.6. The molecule has 2 aromatic rings. The number of nitrogens with zero attached hydrogens (tertiary/aromatic N) is 1. The molecule has 0 saturated carbocycles. The van der Waals surface area contributed by atoms with E-state index in [4.69, 9.17) is 0 Å². The molecule has 2 N–H and O–H groups in total. The van der Waals surface area contributed by atoms with Crippen LogP contribution in [-0.4, -0.2) is 30.1 Å². The zero-order valence-electron chi connectivity index (χ0n) is 11.2. The first-order valence-electron chi connectivity index (χ1n) is 5.99. The molecule has 0 aliphatic heterocycles. The van der Waals surface area contributed by atoms with Gasteiger partial charge in [0.1, 0.15) is 11.5 Å². The van der Waals surface area contributed by atoms with Gasteiger partial charge in [-0.1, -0.05) is 0 Å². The second-order valence-electron chi connectivity index (χ2n) is 4.47. The van der Waals surface area contributed by atoms with Crippen molar-refractivity contribution in [1.82, 2.24) is 0 Å². The number of anilines is 1. The van der Waals surface area contributed by atoms with Gasteiger partial charge in [0.2, 0.25) is 0 Å². The molecule has 1 heterocycles. The van der Waals surface area contributed by atoms with E-state index in [0.717, 1.165) is 5.00 Å². The lowest BCUT2D eigenvalue weighted by molar-refractivity contribution is 0.105. The van der Waals surface area contributed by atoms with Crippen LogP contribution in [-0.2, 0) is 0 Å². The van der Waals surface area contributed by atoms with Gasteiger partial charge >= 0.3 is 0 Å². The second-order valence-corrected chi connectivity index (χ2v) is 5.54. The number of thiophene rings is 1. The summed E-state index contributed by atoms with van der Waals surface area (Å²) in [7, 11) is 3.83. The number of hydrogen-bond acceptors (Lipinski definition) is 5. The van der Waals surface area contributed by atoms with Crippen molar-refractivity contribution in [3.8, 4) is 11.5 Å². The molecule has 1 aromatic heterocycles. The number of benzene rings is 1. The molecule has 20 heavy (non-hydrogen) atoms. The van der Waals surface area contributed by atoms with Crippen molar-refractivity contribution < 1.29 is 15.0 Å². The summed E-state index contributed by atoms with van der Waals surface area (Å²) in [5, 5.41) is 20.0. The molecular weight excluding hydrogens is 274 g/mol. The zero-order valence-corrected chi connectivity index (χ0v) is 12.0. The molecule has 5 heteroatoms. The van der Waals surface area contributed by atoms with Crippen molar-refractivity contribution in [2.24, 2.45) is 0 Å². The highest BCUT2D eigenvalue weighted by Gasteiger charge is 2.08. The molecule has 0 bridgehead atoms. The van der Waals surface area contributed by atoms with Crippen LogP contribution in [0.15, 0.2) is 36.4 Å². The van der Waals surface area contributed by atoms with Gasteiger partial charge in [-0.05, 0) is 42.5 Å². The Morgan fingerprint density at radius 2 is 1.95 bits per heavy atom. The number of carbonyl (C=O) groups excluding carboxylic acids is 1. The Hall–Kier alpha value is -2.27. The van der Waals surface area contributed by atoms with E-state index in [-0.39, 0.29) is 17.3 Å². The number of phenols is 2. The Kier molecular flexibility index (Phi) is 4.10. The summed E-state index contributed by atoms with van der Waals surface area (Å²) in [5.74, 6) is -0.0706. The van der Waals surface area contributed by atoms with Crippen LogP contribution in [0.4, 0.5) is 5.00 Å². The van der Waals surface area contributed by atoms with E-state index in [9.17, 15) is 15.0 Å². The van der Waals surface area contributed by atoms with E-state index < -0.39 is 0 Å². The minimum Gasteiger partial charge on any atom is -0.508 e. The van der Waals surface area contributed by atoms with Crippen molar-refractivity contribution in [3.05, 3.63) is 46.8 Å². The SMILES string of the molecule is CN(C)c1ccc(C(=O)/C=C/c2cc(O)ccc2O)s1. The maximum atomic E-state index is 12.0. The van der Waals surface area contributed by atoms with Crippen LogP contribution in [0.25, 0.3) is 6.08 Å². The van der Waals surface area contributed by atoms with Gasteiger partial charge in [-0.15, -0.1) is 11.3 Å². The van der Waals surface area contributed by atoms with Crippen LogP contribution in [0.5, 0.6) is 11.5 Å². The fourth-order valence-corrected chi connectivity index (χ4v) is 2.47. The Labute approximate surface area is 121 Å². The smallest absolute Gasteiger partial charge is 0.195 e. The molecule has 0 radical (unpaired) electrons. The quantitative estimate of drug-likeness (QED) is 0.516. The standard InChI is InChI=1S/C15H15NO3S/c1-16(2)15-8-7-14(20-15)13(19)5-3-10-9-11(17)4-6-12(10)18/h3-9,17-18H,1-2H3/b5-3+. The molecule has 0 atom stereocenters. The molecule has 104 valence electrons. The zero-order chi connectivity index (χ0) is 14.7. The molecule has 0 fully saturated rings. The maximum absolute atomic E-state index is 12.0. The van der Waals surface area contributed by atoms with Gasteiger partial charge in [-0.25, -0.2) is 0 Å². The molecule has 2 rings (SSSR count). The van der Waals surface area contributed by atoms with Crippen LogP contribution >= 0.6 is 11.3 Å². The molecule has 4 nitrogen and oxygen atoms in total. The summed E-state index contributed by atoms with van der Waals surface area (Å²) in [5.41, 5.74) is 0.405. The lowest BCUT2D eigenvalue weighted by Gasteiger charge is -2.06. The molecule has 0 aliphatic rings. The number of phenolic OH excluding ortho intramolecular Hbond substituents is 2. The Bertz CT molecular complexity index is 659. The number of allylic oxidation sites excluding steroid dienone is 1. The van der Waals surface area contributed by atoms with Crippen molar-refractivity contribution in [2.75, 3.05) is 19.0 Å². The van der Waals surface area contributed by atoms with Gasteiger partial charge in [0.15, 0.2) is 5.78 Å². The van der Waals surface area contributed by atoms with E-state index >= 15 is 0 Å². The molecule has 0 amide bonds. The van der Waals surface area contributed by atoms with Gasteiger partial charge in [0, 0.05) is 19.7 Å². The summed E-state index contributed by atoms with van der Waals surface area (Å²) in [6, 6.07) is 7.83. The average Bonchev–Trinajstić information content (AvgIpc) is 2.89. The number of ketones is 1. The van der Waals surface area contributed by atoms with Gasteiger partial charge in [0.25, 0.3) is 0 Å². The second kappa shape index (κ2) is 5.79. The number of aromatic hydroxyl groups is 2. The number of hydrogen-bond donors (Lipinski definition) is 2. The van der Waals surface area contributed by atoms with E-state index in [2.05, 4.69) is 0 Å². The van der Waals surface area contributed by atoms with E-state index in [0.29, 0.717) is 10.4 Å². The highest BCUT2D eigenvalue weighted by atomic mass is 32.1. The van der Waals surface area contributed by atoms with Gasteiger partial charge in [-0.2, -0.15) is 0 Å². The average molecular weight is 289 g/mol. The van der Waals surface area contributed by atoms with Gasteiger partial charge < -0.3 is 15.1 Å². The first-order valence-corrected chi connectivity index (χ1v) is 6.80. The monoisotopic (exact) mass is 289 g/mol. The predicted octanol–water partition coefficient (Wildman–Crippen LogP) is 3.12. The first kappa shape index (κ1) is 14.1. The van der Waals surface area contributed by atoms with Crippen LogP contribution in [0.3, 0.4) is 0 Å². The fourth-order valence-electron chi connectivity index (χ4n) is 1.62. The van der Waals surface area contributed by atoms with Crippen LogP contribution in [0.1, 0.15) is 15.2 Å². The third-order valence-corrected chi connectivity index (χ3v) is 3.97. The van der Waals surface area contributed by atoms with Crippen molar-refractivity contribution in [2.45, 2.75) is 0 Å². The van der Waals surface area contributed by atoms with E-state index in [1.165, 1.54) is 41.7 Å². The van der Waals surface area contributed by atoms with Crippen molar-refractivity contribution in [1.29, 1.82) is 0 Å². The van der Waals surface area contributed by atoms with Gasteiger partial charge in [-0.3, -0.25) is 4.79 Å².